The monoisotopic (exact) mass is 330 g/mol. The lowest BCUT2D eigenvalue weighted by molar-refractivity contribution is 0.601. The number of nitrogen functional groups attached to an aromatic ring is 1. The van der Waals surface area contributed by atoms with Crippen molar-refractivity contribution < 1.29 is 8.42 Å². The van der Waals surface area contributed by atoms with Crippen LogP contribution in [0.5, 0.6) is 0 Å². The summed E-state index contributed by atoms with van der Waals surface area (Å²) in [6, 6.07) is 9.35. The van der Waals surface area contributed by atoms with Crippen molar-refractivity contribution in [3.8, 4) is 0 Å². The Morgan fingerprint density at radius 2 is 1.70 bits per heavy atom. The summed E-state index contributed by atoms with van der Waals surface area (Å²) in [5, 5.41) is 0.134. The standard InChI is InChI=1S/C13H12Cl2N2O2S/c1-8-7-9(5-6-12(8)16)17-20(18,19)13-10(14)3-2-4-11(13)15/h2-7,17H,16H2,1H3. The maximum Gasteiger partial charge on any atom is 0.264 e. The highest BCUT2D eigenvalue weighted by Crippen LogP contribution is 2.30. The Balaban J connectivity index is 2.43. The summed E-state index contributed by atoms with van der Waals surface area (Å²) in [5.41, 5.74) is 7.45. The van der Waals surface area contributed by atoms with Gasteiger partial charge in [-0.05, 0) is 42.8 Å². The van der Waals surface area contributed by atoms with E-state index < -0.39 is 10.0 Å². The fourth-order valence-electron chi connectivity index (χ4n) is 1.68. The zero-order valence-corrected chi connectivity index (χ0v) is 12.9. The molecule has 106 valence electrons. The minimum absolute atomic E-state index is 0.0668. The van der Waals surface area contributed by atoms with Gasteiger partial charge in [-0.15, -0.1) is 0 Å². The Hall–Kier alpha value is -1.43. The van der Waals surface area contributed by atoms with E-state index in [1.54, 1.807) is 31.2 Å². The van der Waals surface area contributed by atoms with E-state index in [0.29, 0.717) is 11.4 Å². The smallest absolute Gasteiger partial charge is 0.264 e. The van der Waals surface area contributed by atoms with Gasteiger partial charge in [0.1, 0.15) is 4.90 Å². The van der Waals surface area contributed by atoms with Crippen molar-refractivity contribution in [2.24, 2.45) is 0 Å². The van der Waals surface area contributed by atoms with Gasteiger partial charge in [0.25, 0.3) is 10.0 Å². The van der Waals surface area contributed by atoms with Crippen molar-refractivity contribution in [3.05, 3.63) is 52.0 Å². The van der Waals surface area contributed by atoms with Crippen molar-refractivity contribution in [2.75, 3.05) is 10.5 Å². The van der Waals surface area contributed by atoms with Crippen LogP contribution in [0.25, 0.3) is 0 Å². The van der Waals surface area contributed by atoms with E-state index in [9.17, 15) is 8.42 Å². The number of aryl methyl sites for hydroxylation is 1. The Morgan fingerprint density at radius 3 is 2.25 bits per heavy atom. The molecular weight excluding hydrogens is 319 g/mol. The maximum absolute atomic E-state index is 12.3. The highest BCUT2D eigenvalue weighted by molar-refractivity contribution is 7.93. The van der Waals surface area contributed by atoms with E-state index >= 15 is 0 Å². The molecule has 0 aliphatic heterocycles. The lowest BCUT2D eigenvalue weighted by Gasteiger charge is -2.12. The molecule has 0 heterocycles. The van der Waals surface area contributed by atoms with Crippen molar-refractivity contribution in [3.63, 3.8) is 0 Å². The maximum atomic E-state index is 12.3. The summed E-state index contributed by atoms with van der Waals surface area (Å²) in [4.78, 5) is -0.141. The van der Waals surface area contributed by atoms with E-state index in [2.05, 4.69) is 4.72 Å². The molecule has 7 heteroatoms. The normalized spacial score (nSPS) is 11.3. The number of hydrogen-bond acceptors (Lipinski definition) is 3. The van der Waals surface area contributed by atoms with Crippen LogP contribution >= 0.6 is 23.2 Å². The molecule has 0 atom stereocenters. The van der Waals surface area contributed by atoms with Crippen LogP contribution in [-0.4, -0.2) is 8.42 Å². The second kappa shape index (κ2) is 5.52. The van der Waals surface area contributed by atoms with Crippen molar-refractivity contribution >= 4 is 44.6 Å². The van der Waals surface area contributed by atoms with Crippen LogP contribution < -0.4 is 10.5 Å². The number of nitrogens with two attached hydrogens (primary N) is 1. The molecule has 0 radical (unpaired) electrons. The first-order valence-corrected chi connectivity index (χ1v) is 7.88. The van der Waals surface area contributed by atoms with Gasteiger partial charge in [0, 0.05) is 11.4 Å². The largest absolute Gasteiger partial charge is 0.399 e. The minimum atomic E-state index is -3.86. The van der Waals surface area contributed by atoms with Gasteiger partial charge in [0.2, 0.25) is 0 Å². The van der Waals surface area contributed by atoms with Gasteiger partial charge in [0.15, 0.2) is 0 Å². The number of sulfonamides is 1. The predicted octanol–water partition coefficient (Wildman–Crippen LogP) is 3.68. The van der Waals surface area contributed by atoms with Crippen LogP contribution in [0, 0.1) is 6.92 Å². The molecule has 0 aromatic heterocycles. The molecule has 0 spiro atoms. The predicted molar refractivity (Wildman–Crippen MR) is 82.9 cm³/mol. The number of benzene rings is 2. The average Bonchev–Trinajstić information content (AvgIpc) is 2.33. The van der Waals surface area contributed by atoms with E-state index in [0.717, 1.165) is 5.56 Å². The number of anilines is 2. The Morgan fingerprint density at radius 1 is 1.10 bits per heavy atom. The molecule has 0 amide bonds. The molecule has 3 N–H and O–H groups in total. The van der Waals surface area contributed by atoms with Gasteiger partial charge in [-0.25, -0.2) is 8.42 Å². The molecule has 0 unspecified atom stereocenters. The Labute approximate surface area is 127 Å². The number of nitrogens with one attached hydrogen (secondary N) is 1. The first kappa shape index (κ1) is 15.0. The molecule has 0 fully saturated rings. The van der Waals surface area contributed by atoms with E-state index in [4.69, 9.17) is 28.9 Å². The molecule has 2 rings (SSSR count). The van der Waals surface area contributed by atoms with Gasteiger partial charge in [-0.2, -0.15) is 0 Å². The summed E-state index contributed by atoms with van der Waals surface area (Å²) in [7, 11) is -3.86. The number of rotatable bonds is 3. The Bertz CT molecular complexity index is 741. The fraction of sp³-hybridized carbons (Fsp3) is 0.0769. The quantitative estimate of drug-likeness (QED) is 0.843. The van der Waals surface area contributed by atoms with Gasteiger partial charge >= 0.3 is 0 Å². The Kier molecular flexibility index (Phi) is 4.13. The van der Waals surface area contributed by atoms with E-state index in [1.807, 2.05) is 0 Å². The third-order valence-electron chi connectivity index (χ3n) is 2.71. The first-order chi connectivity index (χ1) is 9.31. The number of halogens is 2. The molecule has 0 saturated carbocycles. The van der Waals surface area contributed by atoms with Crippen LogP contribution in [0.3, 0.4) is 0 Å². The molecule has 2 aromatic carbocycles. The molecule has 2 aromatic rings. The van der Waals surface area contributed by atoms with Gasteiger partial charge < -0.3 is 5.73 Å². The van der Waals surface area contributed by atoms with E-state index in [1.165, 1.54) is 12.1 Å². The van der Waals surface area contributed by atoms with Gasteiger partial charge in [0.05, 0.1) is 10.0 Å². The second-order valence-corrected chi connectivity index (χ2v) is 6.66. The highest BCUT2D eigenvalue weighted by Gasteiger charge is 2.21. The molecule has 4 nitrogen and oxygen atoms in total. The third-order valence-corrected chi connectivity index (χ3v) is 5.05. The lowest BCUT2D eigenvalue weighted by Crippen LogP contribution is -2.14. The molecule has 0 bridgehead atoms. The van der Waals surface area contributed by atoms with Gasteiger partial charge in [-0.1, -0.05) is 29.3 Å². The summed E-state index contributed by atoms with van der Waals surface area (Å²) >= 11 is 11.8. The van der Waals surface area contributed by atoms with Gasteiger partial charge in [-0.3, -0.25) is 4.72 Å². The molecule has 0 aliphatic rings. The van der Waals surface area contributed by atoms with Crippen molar-refractivity contribution in [1.82, 2.24) is 0 Å². The SMILES string of the molecule is Cc1cc(NS(=O)(=O)c2c(Cl)cccc2Cl)ccc1N. The van der Waals surface area contributed by atoms with E-state index in [-0.39, 0.29) is 14.9 Å². The second-order valence-electron chi connectivity index (χ2n) is 4.23. The van der Waals surface area contributed by atoms with Crippen LogP contribution in [0.1, 0.15) is 5.56 Å². The summed E-state index contributed by atoms with van der Waals surface area (Å²) < 4.78 is 27.1. The zero-order chi connectivity index (χ0) is 14.9. The van der Waals surface area contributed by atoms with Crippen LogP contribution in [0.15, 0.2) is 41.3 Å². The highest BCUT2D eigenvalue weighted by atomic mass is 35.5. The average molecular weight is 331 g/mol. The summed E-state index contributed by atoms with van der Waals surface area (Å²) in [5.74, 6) is 0. The molecule has 0 aliphatic carbocycles. The minimum Gasteiger partial charge on any atom is -0.399 e. The van der Waals surface area contributed by atoms with Crippen LogP contribution in [0.2, 0.25) is 10.0 Å². The van der Waals surface area contributed by atoms with Crippen LogP contribution in [-0.2, 0) is 10.0 Å². The molecular formula is C13H12Cl2N2O2S. The zero-order valence-electron chi connectivity index (χ0n) is 10.5. The van der Waals surface area contributed by atoms with Crippen molar-refractivity contribution in [1.29, 1.82) is 0 Å². The summed E-state index contributed by atoms with van der Waals surface area (Å²) in [6.07, 6.45) is 0. The lowest BCUT2D eigenvalue weighted by atomic mass is 10.2. The fourth-order valence-corrected chi connectivity index (χ4v) is 3.88. The summed E-state index contributed by atoms with van der Waals surface area (Å²) in [6.45, 7) is 1.79. The first-order valence-electron chi connectivity index (χ1n) is 5.64. The number of hydrogen-bond donors (Lipinski definition) is 2. The van der Waals surface area contributed by atoms with Crippen LogP contribution in [0.4, 0.5) is 11.4 Å². The molecule has 0 saturated heterocycles. The topological polar surface area (TPSA) is 72.2 Å². The van der Waals surface area contributed by atoms with Crippen molar-refractivity contribution in [2.45, 2.75) is 11.8 Å². The third kappa shape index (κ3) is 3.00. The molecule has 20 heavy (non-hydrogen) atoms.